The molecule has 0 saturated carbocycles. The van der Waals surface area contributed by atoms with Gasteiger partial charge in [-0.3, -0.25) is 5.32 Å². The molecule has 1 aromatic rings. The number of aryl methyl sites for hydroxylation is 2. The van der Waals surface area contributed by atoms with Crippen molar-refractivity contribution in [3.8, 4) is 6.19 Å². The first-order valence-electron chi connectivity index (χ1n) is 4.46. The third-order valence-electron chi connectivity index (χ3n) is 1.71. The fourth-order valence-corrected chi connectivity index (χ4v) is 0.884. The first-order valence-corrected chi connectivity index (χ1v) is 4.46. The standard InChI is InChI=1S/C9H10N2.C2H6/c1-7-3-4-9(11-6-10)5-8(7)2;1-2/h3-5,11H,1-2H3;1-2H3. The first kappa shape index (κ1) is 11.5. The van der Waals surface area contributed by atoms with Crippen molar-refractivity contribution in [1.82, 2.24) is 0 Å². The molecule has 1 rings (SSSR count). The monoisotopic (exact) mass is 176 g/mol. The maximum atomic E-state index is 8.32. The minimum Gasteiger partial charge on any atom is -0.293 e. The van der Waals surface area contributed by atoms with Crippen molar-refractivity contribution in [2.24, 2.45) is 0 Å². The van der Waals surface area contributed by atoms with Crippen LogP contribution < -0.4 is 5.32 Å². The van der Waals surface area contributed by atoms with Crippen LogP contribution in [0.2, 0.25) is 0 Å². The van der Waals surface area contributed by atoms with E-state index in [1.807, 2.05) is 52.1 Å². The van der Waals surface area contributed by atoms with Gasteiger partial charge >= 0.3 is 0 Å². The van der Waals surface area contributed by atoms with Gasteiger partial charge in [0.25, 0.3) is 0 Å². The largest absolute Gasteiger partial charge is 0.293 e. The van der Waals surface area contributed by atoms with Gasteiger partial charge in [-0.15, -0.1) is 0 Å². The predicted octanol–water partition coefficient (Wildman–Crippen LogP) is 3.22. The molecule has 0 spiro atoms. The van der Waals surface area contributed by atoms with Crippen LogP contribution in [0.3, 0.4) is 0 Å². The summed E-state index contributed by atoms with van der Waals surface area (Å²) in [5, 5.41) is 10.9. The Bertz CT molecular complexity index is 297. The molecule has 0 aliphatic carbocycles. The zero-order valence-corrected chi connectivity index (χ0v) is 8.68. The van der Waals surface area contributed by atoms with Crippen molar-refractivity contribution in [1.29, 1.82) is 5.26 Å². The Kier molecular flexibility index (Phi) is 5.38. The number of nitrogens with one attached hydrogen (secondary N) is 1. The second kappa shape index (κ2) is 6.07. The lowest BCUT2D eigenvalue weighted by molar-refractivity contribution is 1.33. The van der Waals surface area contributed by atoms with E-state index in [1.165, 1.54) is 11.1 Å². The molecule has 70 valence electrons. The molecule has 0 radical (unpaired) electrons. The number of nitrogens with zero attached hydrogens (tertiary/aromatic N) is 1. The molecule has 0 atom stereocenters. The van der Waals surface area contributed by atoms with Gasteiger partial charge in [0.1, 0.15) is 0 Å². The summed E-state index contributed by atoms with van der Waals surface area (Å²) in [5.41, 5.74) is 3.30. The number of anilines is 1. The van der Waals surface area contributed by atoms with Gasteiger partial charge in [0.15, 0.2) is 6.19 Å². The Morgan fingerprint density at radius 3 is 2.23 bits per heavy atom. The van der Waals surface area contributed by atoms with Crippen molar-refractivity contribution < 1.29 is 0 Å². The van der Waals surface area contributed by atoms with Crippen LogP contribution in [0.1, 0.15) is 25.0 Å². The minimum atomic E-state index is 0.857. The number of hydrogen-bond donors (Lipinski definition) is 1. The van der Waals surface area contributed by atoms with Gasteiger partial charge in [0, 0.05) is 5.69 Å². The Balaban J connectivity index is 0.000000671. The van der Waals surface area contributed by atoms with Crippen LogP contribution in [0.4, 0.5) is 5.69 Å². The van der Waals surface area contributed by atoms with E-state index in [9.17, 15) is 0 Å². The number of rotatable bonds is 1. The molecule has 1 N–H and O–H groups in total. The molecule has 0 aromatic heterocycles. The van der Waals surface area contributed by atoms with Gasteiger partial charge < -0.3 is 0 Å². The quantitative estimate of drug-likeness (QED) is 0.526. The van der Waals surface area contributed by atoms with E-state index in [0.717, 1.165) is 5.69 Å². The van der Waals surface area contributed by atoms with Crippen molar-refractivity contribution in [2.75, 3.05) is 5.32 Å². The molecule has 0 bridgehead atoms. The number of hydrogen-bond acceptors (Lipinski definition) is 2. The van der Waals surface area contributed by atoms with Crippen LogP contribution in [0, 0.1) is 25.3 Å². The summed E-state index contributed by atoms with van der Waals surface area (Å²) in [7, 11) is 0. The minimum absolute atomic E-state index is 0.857. The fourth-order valence-electron chi connectivity index (χ4n) is 0.884. The molecule has 0 aliphatic heterocycles. The summed E-state index contributed by atoms with van der Waals surface area (Å²) in [6, 6.07) is 5.85. The van der Waals surface area contributed by atoms with Crippen molar-refractivity contribution in [3.05, 3.63) is 29.3 Å². The van der Waals surface area contributed by atoms with Crippen LogP contribution in [-0.2, 0) is 0 Å². The van der Waals surface area contributed by atoms with E-state index in [4.69, 9.17) is 5.26 Å². The van der Waals surface area contributed by atoms with Gasteiger partial charge in [0.2, 0.25) is 0 Å². The van der Waals surface area contributed by atoms with Crippen LogP contribution in [0.5, 0.6) is 0 Å². The molecule has 0 amide bonds. The van der Waals surface area contributed by atoms with E-state index in [2.05, 4.69) is 5.32 Å². The third-order valence-corrected chi connectivity index (χ3v) is 1.71. The molecule has 1 aromatic carbocycles. The molecular formula is C11H16N2. The lowest BCUT2D eigenvalue weighted by atomic mass is 10.1. The van der Waals surface area contributed by atoms with Gasteiger partial charge in [-0.25, -0.2) is 0 Å². The van der Waals surface area contributed by atoms with E-state index >= 15 is 0 Å². The highest BCUT2D eigenvalue weighted by molar-refractivity contribution is 5.50. The smallest absolute Gasteiger partial charge is 0.181 e. The molecule has 2 heteroatoms. The summed E-state index contributed by atoms with van der Waals surface area (Å²) in [4.78, 5) is 0. The number of benzene rings is 1. The van der Waals surface area contributed by atoms with E-state index in [-0.39, 0.29) is 0 Å². The van der Waals surface area contributed by atoms with E-state index < -0.39 is 0 Å². The van der Waals surface area contributed by atoms with Gasteiger partial charge in [-0.05, 0) is 37.1 Å². The summed E-state index contributed by atoms with van der Waals surface area (Å²) >= 11 is 0. The second-order valence-electron chi connectivity index (χ2n) is 2.54. The Morgan fingerprint density at radius 2 is 1.77 bits per heavy atom. The summed E-state index contributed by atoms with van der Waals surface area (Å²) in [6.07, 6.45) is 1.88. The summed E-state index contributed by atoms with van der Waals surface area (Å²) < 4.78 is 0. The van der Waals surface area contributed by atoms with Crippen molar-refractivity contribution in [3.63, 3.8) is 0 Å². The molecule has 2 nitrogen and oxygen atoms in total. The third kappa shape index (κ3) is 3.62. The summed E-state index contributed by atoms with van der Waals surface area (Å²) in [6.45, 7) is 8.07. The normalized spacial score (nSPS) is 7.92. The highest BCUT2D eigenvalue weighted by atomic mass is 14.9. The van der Waals surface area contributed by atoms with Gasteiger partial charge in [-0.1, -0.05) is 19.9 Å². The summed E-state index contributed by atoms with van der Waals surface area (Å²) in [5.74, 6) is 0. The van der Waals surface area contributed by atoms with Crippen LogP contribution in [-0.4, -0.2) is 0 Å². The first-order chi connectivity index (χ1) is 6.24. The molecule has 13 heavy (non-hydrogen) atoms. The van der Waals surface area contributed by atoms with Crippen LogP contribution in [0.25, 0.3) is 0 Å². The van der Waals surface area contributed by atoms with E-state index in [1.54, 1.807) is 0 Å². The van der Waals surface area contributed by atoms with E-state index in [0.29, 0.717) is 0 Å². The lowest BCUT2D eigenvalue weighted by Crippen LogP contribution is -1.88. The molecule has 0 aliphatic rings. The SMILES string of the molecule is CC.Cc1ccc(NC#N)cc1C. The lowest BCUT2D eigenvalue weighted by Gasteiger charge is -2.01. The average molecular weight is 176 g/mol. The second-order valence-corrected chi connectivity index (χ2v) is 2.54. The molecule has 0 heterocycles. The maximum Gasteiger partial charge on any atom is 0.181 e. The Hall–Kier alpha value is -1.49. The topological polar surface area (TPSA) is 35.8 Å². The van der Waals surface area contributed by atoms with Crippen LogP contribution in [0.15, 0.2) is 18.2 Å². The predicted molar refractivity (Wildman–Crippen MR) is 56.5 cm³/mol. The maximum absolute atomic E-state index is 8.32. The number of nitriles is 1. The highest BCUT2D eigenvalue weighted by Crippen LogP contribution is 2.13. The highest BCUT2D eigenvalue weighted by Gasteiger charge is 1.93. The van der Waals surface area contributed by atoms with Gasteiger partial charge in [-0.2, -0.15) is 5.26 Å². The molecular weight excluding hydrogens is 160 g/mol. The van der Waals surface area contributed by atoms with Crippen LogP contribution >= 0.6 is 0 Å². The molecule has 0 unspecified atom stereocenters. The zero-order valence-electron chi connectivity index (χ0n) is 8.68. The Labute approximate surface area is 80.2 Å². The Morgan fingerprint density at radius 1 is 1.15 bits per heavy atom. The van der Waals surface area contributed by atoms with Crippen molar-refractivity contribution in [2.45, 2.75) is 27.7 Å². The van der Waals surface area contributed by atoms with Gasteiger partial charge in [0.05, 0.1) is 0 Å². The zero-order chi connectivity index (χ0) is 10.3. The average Bonchev–Trinajstić information content (AvgIpc) is 2.15. The molecule has 0 fully saturated rings. The fraction of sp³-hybridized carbons (Fsp3) is 0.364. The molecule has 0 saturated heterocycles. The van der Waals surface area contributed by atoms with Crippen molar-refractivity contribution >= 4 is 5.69 Å².